The van der Waals surface area contributed by atoms with Gasteiger partial charge in [0.15, 0.2) is 5.69 Å². The molecule has 1 aliphatic heterocycles. The van der Waals surface area contributed by atoms with Gasteiger partial charge in [-0.15, -0.1) is 0 Å². The number of nitrogens with one attached hydrogen (secondary N) is 2. The molecule has 2 aromatic carbocycles. The zero-order valence-corrected chi connectivity index (χ0v) is 20.9. The van der Waals surface area contributed by atoms with Gasteiger partial charge in [-0.05, 0) is 35.7 Å². The van der Waals surface area contributed by atoms with Crippen molar-refractivity contribution < 1.29 is 36.6 Å². The zero-order valence-electron chi connectivity index (χ0n) is 20.1. The maximum Gasteiger partial charge on any atom is 0.437 e. The van der Waals surface area contributed by atoms with Gasteiger partial charge in [0.2, 0.25) is 11.7 Å². The molecule has 3 unspecified atom stereocenters. The van der Waals surface area contributed by atoms with E-state index in [1.807, 2.05) is 0 Å². The van der Waals surface area contributed by atoms with Crippen LogP contribution in [0.25, 0.3) is 0 Å². The van der Waals surface area contributed by atoms with Crippen molar-refractivity contribution in [3.63, 3.8) is 0 Å². The van der Waals surface area contributed by atoms with Gasteiger partial charge in [-0.25, -0.2) is 19.2 Å². The number of nitriles is 1. The zero-order chi connectivity index (χ0) is 29.2. The summed E-state index contributed by atoms with van der Waals surface area (Å²) in [5.74, 6) is -2.68. The van der Waals surface area contributed by atoms with Gasteiger partial charge in [0, 0.05) is 17.6 Å². The lowest BCUT2D eigenvalue weighted by atomic mass is 9.89. The number of halogens is 6. The van der Waals surface area contributed by atoms with Gasteiger partial charge in [0.1, 0.15) is 11.9 Å². The Morgan fingerprint density at radius 1 is 1.20 bits per heavy atom. The van der Waals surface area contributed by atoms with E-state index in [4.69, 9.17) is 21.6 Å². The van der Waals surface area contributed by atoms with E-state index in [1.54, 1.807) is 6.07 Å². The fraction of sp³-hybridized carbons (Fsp3) is 0.280. The molecule has 1 aliphatic rings. The second kappa shape index (κ2) is 11.6. The van der Waals surface area contributed by atoms with Crippen molar-refractivity contribution in [2.24, 2.45) is 0 Å². The topological polar surface area (TPSA) is 129 Å². The van der Waals surface area contributed by atoms with Crippen molar-refractivity contribution in [1.29, 1.82) is 5.26 Å². The first-order valence-corrected chi connectivity index (χ1v) is 11.9. The van der Waals surface area contributed by atoms with Crippen LogP contribution in [0.2, 0.25) is 5.02 Å². The van der Waals surface area contributed by atoms with E-state index < -0.39 is 53.6 Å². The van der Waals surface area contributed by atoms with Gasteiger partial charge >= 0.3 is 6.18 Å². The van der Waals surface area contributed by atoms with E-state index in [0.29, 0.717) is 11.9 Å². The molecule has 2 heterocycles. The molecule has 1 aromatic heterocycles. The molecule has 0 bridgehead atoms. The molecule has 210 valence electrons. The predicted octanol–water partition coefficient (Wildman–Crippen LogP) is 4.05. The summed E-state index contributed by atoms with van der Waals surface area (Å²) in [7, 11) is 0. The number of carbonyl (C=O) groups excluding carboxylic acids is 1. The Labute approximate surface area is 227 Å². The summed E-state index contributed by atoms with van der Waals surface area (Å²) >= 11 is 5.90. The Kier molecular flexibility index (Phi) is 8.38. The van der Waals surface area contributed by atoms with E-state index >= 15 is 0 Å². The van der Waals surface area contributed by atoms with Crippen molar-refractivity contribution in [3.8, 4) is 17.6 Å². The maximum absolute atomic E-state index is 13.7. The van der Waals surface area contributed by atoms with Gasteiger partial charge in [-0.2, -0.15) is 18.4 Å². The molecule has 0 spiro atoms. The molecular weight excluding hydrogens is 565 g/mol. The number of nitrogens with zero attached hydrogens (tertiary/aromatic N) is 3. The molecule has 0 saturated carbocycles. The number of hydrogen-bond donors (Lipinski definition) is 3. The SMILES string of the molecule is N#Cc1cc(Cl)cc(Oc2c(C(F)(F)F)ncn(CC3CC(c4ccc(C(O)C(F)F)cc4)C(=O)NN3)c2=O)c1. The minimum Gasteiger partial charge on any atom is -0.449 e. The number of aliphatic hydroxyl groups is 1. The molecule has 4 rings (SSSR count). The molecule has 0 aliphatic carbocycles. The highest BCUT2D eigenvalue weighted by Gasteiger charge is 2.39. The number of benzene rings is 2. The summed E-state index contributed by atoms with van der Waals surface area (Å²) in [6, 6.07) is 9.95. The molecule has 0 radical (unpaired) electrons. The van der Waals surface area contributed by atoms with Gasteiger partial charge in [-0.1, -0.05) is 35.9 Å². The summed E-state index contributed by atoms with van der Waals surface area (Å²) < 4.78 is 72.7. The van der Waals surface area contributed by atoms with Crippen LogP contribution in [0, 0.1) is 11.3 Å². The molecule has 15 heteroatoms. The first kappa shape index (κ1) is 28.9. The van der Waals surface area contributed by atoms with Crippen LogP contribution >= 0.6 is 11.6 Å². The normalized spacial score (nSPS) is 18.2. The summed E-state index contributed by atoms with van der Waals surface area (Å²) in [5, 5.41) is 18.6. The van der Waals surface area contributed by atoms with Crippen LogP contribution in [0.3, 0.4) is 0 Å². The number of hydrazine groups is 1. The smallest absolute Gasteiger partial charge is 0.437 e. The molecule has 9 nitrogen and oxygen atoms in total. The van der Waals surface area contributed by atoms with Crippen LogP contribution < -0.4 is 21.1 Å². The molecule has 3 aromatic rings. The second-order valence-corrected chi connectivity index (χ2v) is 9.27. The van der Waals surface area contributed by atoms with E-state index in [1.165, 1.54) is 30.3 Å². The third-order valence-corrected chi connectivity index (χ3v) is 6.28. The van der Waals surface area contributed by atoms with E-state index in [2.05, 4.69) is 15.8 Å². The lowest BCUT2D eigenvalue weighted by molar-refractivity contribution is -0.142. The fourth-order valence-electron chi connectivity index (χ4n) is 4.13. The number of rotatable bonds is 7. The first-order valence-electron chi connectivity index (χ1n) is 11.5. The third-order valence-electron chi connectivity index (χ3n) is 6.06. The largest absolute Gasteiger partial charge is 0.449 e. The molecule has 40 heavy (non-hydrogen) atoms. The summed E-state index contributed by atoms with van der Waals surface area (Å²) in [6.07, 6.45) is -9.25. The Morgan fingerprint density at radius 3 is 2.52 bits per heavy atom. The lowest BCUT2D eigenvalue weighted by Crippen LogP contribution is -2.54. The molecule has 1 amide bonds. The molecule has 1 fully saturated rings. The van der Waals surface area contributed by atoms with Crippen LogP contribution in [0.1, 0.15) is 40.8 Å². The molecule has 3 N–H and O–H groups in total. The number of carbonyl (C=O) groups is 1. The Balaban J connectivity index is 1.60. The van der Waals surface area contributed by atoms with Gasteiger partial charge < -0.3 is 9.84 Å². The summed E-state index contributed by atoms with van der Waals surface area (Å²) in [6.45, 7) is -0.238. The highest BCUT2D eigenvalue weighted by Crippen LogP contribution is 2.35. The number of alkyl halides is 5. The van der Waals surface area contributed by atoms with Crippen LogP contribution in [-0.2, 0) is 17.5 Å². The number of ether oxygens (including phenoxy) is 1. The number of hydrogen-bond acceptors (Lipinski definition) is 7. The Hall–Kier alpha value is -4.06. The lowest BCUT2D eigenvalue weighted by Gasteiger charge is -2.31. The van der Waals surface area contributed by atoms with Crippen molar-refractivity contribution >= 4 is 17.5 Å². The first-order chi connectivity index (χ1) is 18.9. The van der Waals surface area contributed by atoms with Crippen LogP contribution in [0.15, 0.2) is 53.6 Å². The predicted molar refractivity (Wildman–Crippen MR) is 130 cm³/mol. The van der Waals surface area contributed by atoms with E-state index in [-0.39, 0.29) is 34.9 Å². The number of aromatic nitrogens is 2. The van der Waals surface area contributed by atoms with E-state index in [0.717, 1.165) is 16.7 Å². The quantitative estimate of drug-likeness (QED) is 0.358. The fourth-order valence-corrected chi connectivity index (χ4v) is 4.35. The Morgan fingerprint density at radius 2 is 1.90 bits per heavy atom. The van der Waals surface area contributed by atoms with Crippen LogP contribution in [0.5, 0.6) is 11.5 Å². The van der Waals surface area contributed by atoms with Crippen molar-refractivity contribution in [2.45, 2.75) is 43.6 Å². The average molecular weight is 584 g/mol. The number of amides is 1. The van der Waals surface area contributed by atoms with Gasteiger partial charge in [0.25, 0.3) is 12.0 Å². The second-order valence-electron chi connectivity index (χ2n) is 8.83. The maximum atomic E-state index is 13.7. The Bertz CT molecular complexity index is 1510. The van der Waals surface area contributed by atoms with Gasteiger partial charge in [-0.3, -0.25) is 19.6 Å². The molecule has 1 saturated heterocycles. The van der Waals surface area contributed by atoms with Crippen LogP contribution in [0.4, 0.5) is 22.0 Å². The van der Waals surface area contributed by atoms with E-state index in [9.17, 15) is 36.6 Å². The van der Waals surface area contributed by atoms with Crippen molar-refractivity contribution in [2.75, 3.05) is 0 Å². The standard InChI is InChI=1S/C25H19ClF5N5O4/c26-15-5-12(9-32)6-17(7-15)40-20-21(25(29,30)31)33-11-36(24(20)39)10-16-8-18(23(38)35-34-16)13-1-3-14(4-2-13)19(37)22(27)28/h1-7,11,16,18-19,22,34,37H,8,10H2,(H,35,38). The van der Waals surface area contributed by atoms with Gasteiger partial charge in [0.05, 0.1) is 23.9 Å². The average Bonchev–Trinajstić information content (AvgIpc) is 2.90. The number of aliphatic hydroxyl groups excluding tert-OH is 1. The minimum atomic E-state index is -5.05. The van der Waals surface area contributed by atoms with Crippen molar-refractivity contribution in [1.82, 2.24) is 20.4 Å². The third kappa shape index (κ3) is 6.39. The highest BCUT2D eigenvalue weighted by atomic mass is 35.5. The highest BCUT2D eigenvalue weighted by molar-refractivity contribution is 6.30. The minimum absolute atomic E-state index is 0.00300. The van der Waals surface area contributed by atoms with Crippen molar-refractivity contribution in [3.05, 3.63) is 86.6 Å². The monoisotopic (exact) mass is 583 g/mol. The van der Waals surface area contributed by atoms with Crippen LogP contribution in [-0.4, -0.2) is 33.0 Å². The molecule has 3 atom stereocenters. The summed E-state index contributed by atoms with van der Waals surface area (Å²) in [4.78, 5) is 29.0. The molecular formula is C25H19ClF5N5O4. The summed E-state index contributed by atoms with van der Waals surface area (Å²) in [5.41, 5.74) is 2.74.